The first-order valence-electron chi connectivity index (χ1n) is 10.8. The van der Waals surface area contributed by atoms with Gasteiger partial charge in [-0.05, 0) is 51.7 Å². The molecule has 9 heteroatoms. The zero-order valence-electron chi connectivity index (χ0n) is 19.2. The van der Waals surface area contributed by atoms with E-state index in [1.54, 1.807) is 43.5 Å². The maximum absolute atomic E-state index is 13.3. The third kappa shape index (κ3) is 6.00. The lowest BCUT2D eigenvalue weighted by Gasteiger charge is -2.24. The average molecular weight is 565 g/mol. The van der Waals surface area contributed by atoms with Crippen LogP contribution in [-0.4, -0.2) is 41.9 Å². The molecule has 0 aromatic heterocycles. The Bertz CT molecular complexity index is 1090. The van der Waals surface area contributed by atoms with E-state index >= 15 is 0 Å². The molecule has 34 heavy (non-hydrogen) atoms. The quantitative estimate of drug-likeness (QED) is 0.149. The molecule has 1 fully saturated rings. The van der Waals surface area contributed by atoms with Crippen LogP contribution < -0.4 is 9.47 Å². The summed E-state index contributed by atoms with van der Waals surface area (Å²) in [7, 11) is 2.87. The van der Waals surface area contributed by atoms with E-state index in [4.69, 9.17) is 26.4 Å². The smallest absolute Gasteiger partial charge is 0.333 e. The number of benzene rings is 2. The molecule has 1 aliphatic heterocycles. The van der Waals surface area contributed by atoms with Crippen molar-refractivity contribution in [1.82, 2.24) is 4.90 Å². The Labute approximate surface area is 217 Å². The number of rotatable bonds is 10. The molecule has 3 rings (SSSR count). The van der Waals surface area contributed by atoms with Crippen molar-refractivity contribution < 1.29 is 23.8 Å². The van der Waals surface area contributed by atoms with Gasteiger partial charge in [0.1, 0.15) is 4.32 Å². The average Bonchev–Trinajstić information content (AvgIpc) is 3.11. The molecule has 1 amide bonds. The summed E-state index contributed by atoms with van der Waals surface area (Å²) in [6.45, 7) is 2.73. The van der Waals surface area contributed by atoms with Gasteiger partial charge in [-0.1, -0.05) is 74.1 Å². The highest BCUT2D eigenvalue weighted by atomic mass is 79.9. The maximum Gasteiger partial charge on any atom is 0.333 e. The number of carbonyl (C=O) groups is 2. The second-order valence-corrected chi connectivity index (χ2v) is 10.0. The summed E-state index contributed by atoms with van der Waals surface area (Å²) in [6.07, 6.45) is 4.89. The van der Waals surface area contributed by atoms with E-state index < -0.39 is 12.0 Å². The molecule has 0 radical (unpaired) electrons. The Kier molecular flexibility index (Phi) is 9.55. The summed E-state index contributed by atoms with van der Waals surface area (Å²) in [4.78, 5) is 27.7. The van der Waals surface area contributed by atoms with Crippen LogP contribution in [0.5, 0.6) is 11.5 Å². The molecule has 2 aromatic carbocycles. The summed E-state index contributed by atoms with van der Waals surface area (Å²) >= 11 is 10.2. The van der Waals surface area contributed by atoms with Crippen molar-refractivity contribution in [2.75, 3.05) is 20.8 Å². The third-order valence-corrected chi connectivity index (χ3v) is 7.08. The Morgan fingerprint density at radius 3 is 2.59 bits per heavy atom. The van der Waals surface area contributed by atoms with E-state index in [2.05, 4.69) is 22.9 Å². The number of methoxy groups -OCH3 is 2. The number of thioether (sulfide) groups is 1. The molecule has 1 saturated heterocycles. The molecule has 0 aliphatic carbocycles. The molecule has 0 bridgehead atoms. The zero-order valence-corrected chi connectivity index (χ0v) is 22.4. The van der Waals surface area contributed by atoms with Crippen molar-refractivity contribution in [2.45, 2.75) is 32.2 Å². The van der Waals surface area contributed by atoms with Gasteiger partial charge >= 0.3 is 5.97 Å². The van der Waals surface area contributed by atoms with Gasteiger partial charge in [-0.15, -0.1) is 0 Å². The normalized spacial score (nSPS) is 15.5. The van der Waals surface area contributed by atoms with E-state index in [1.165, 1.54) is 12.0 Å². The van der Waals surface area contributed by atoms with Crippen LogP contribution in [-0.2, 0) is 14.3 Å². The molecule has 0 N–H and O–H groups in total. The number of thiocarbonyl (C=S) groups is 1. The lowest BCUT2D eigenvalue weighted by Crippen LogP contribution is -2.37. The van der Waals surface area contributed by atoms with Gasteiger partial charge in [0.25, 0.3) is 5.91 Å². The zero-order chi connectivity index (χ0) is 24.7. The summed E-state index contributed by atoms with van der Waals surface area (Å²) < 4.78 is 17.4. The van der Waals surface area contributed by atoms with Crippen LogP contribution in [0, 0.1) is 0 Å². The lowest BCUT2D eigenvalue weighted by molar-refractivity contribution is -0.148. The van der Waals surface area contributed by atoms with Crippen LogP contribution in [0.4, 0.5) is 0 Å². The van der Waals surface area contributed by atoms with Crippen molar-refractivity contribution in [1.29, 1.82) is 0 Å². The molecule has 1 atom stereocenters. The summed E-state index contributed by atoms with van der Waals surface area (Å²) in [5.74, 6) is 0.268. The molecule has 0 saturated carbocycles. The number of amides is 1. The fraction of sp³-hybridized carbons (Fsp3) is 0.320. The first kappa shape index (κ1) is 26.2. The van der Waals surface area contributed by atoms with Crippen molar-refractivity contribution in [3.8, 4) is 11.5 Å². The van der Waals surface area contributed by atoms with E-state index in [0.717, 1.165) is 41.1 Å². The Balaban J connectivity index is 1.89. The Morgan fingerprint density at radius 1 is 1.21 bits per heavy atom. The topological polar surface area (TPSA) is 65.1 Å². The van der Waals surface area contributed by atoms with Gasteiger partial charge in [0, 0.05) is 0 Å². The van der Waals surface area contributed by atoms with Crippen LogP contribution in [0.3, 0.4) is 0 Å². The van der Waals surface area contributed by atoms with Gasteiger partial charge < -0.3 is 14.2 Å². The standard InChI is InChI=1S/C25H26BrNO5S2/c1-4-5-9-12-32-22-18(26)13-16(14-19(22)30-2)15-20-23(28)27(25(33)34-20)21(24(29)31-3)17-10-7-6-8-11-17/h6-8,10-11,13-15,21H,4-5,9,12H2,1-3H3/b20-15-. The number of carbonyl (C=O) groups excluding carboxylic acids is 2. The second-order valence-electron chi connectivity index (χ2n) is 7.48. The molecule has 0 spiro atoms. The predicted molar refractivity (Wildman–Crippen MR) is 142 cm³/mol. The number of hydrogen-bond donors (Lipinski definition) is 0. The number of ether oxygens (including phenoxy) is 3. The van der Waals surface area contributed by atoms with Crippen LogP contribution >= 0.6 is 39.9 Å². The minimum absolute atomic E-state index is 0.289. The van der Waals surface area contributed by atoms with Gasteiger partial charge in [-0.25, -0.2) is 4.79 Å². The third-order valence-electron chi connectivity index (χ3n) is 5.17. The van der Waals surface area contributed by atoms with Gasteiger partial charge in [0.05, 0.1) is 30.2 Å². The molecule has 2 aromatic rings. The van der Waals surface area contributed by atoms with Gasteiger partial charge in [0.15, 0.2) is 17.5 Å². The van der Waals surface area contributed by atoms with Crippen LogP contribution in [0.25, 0.3) is 6.08 Å². The monoisotopic (exact) mass is 563 g/mol. The van der Waals surface area contributed by atoms with Gasteiger partial charge in [-0.2, -0.15) is 0 Å². The summed E-state index contributed by atoms with van der Waals surface area (Å²) in [6, 6.07) is 11.7. The number of unbranched alkanes of at least 4 members (excludes halogenated alkanes) is 2. The molecule has 180 valence electrons. The molecule has 1 heterocycles. The highest BCUT2D eigenvalue weighted by Crippen LogP contribution is 2.41. The summed E-state index contributed by atoms with van der Waals surface area (Å²) in [5.41, 5.74) is 1.36. The maximum atomic E-state index is 13.3. The summed E-state index contributed by atoms with van der Waals surface area (Å²) in [5, 5.41) is 0. The highest BCUT2D eigenvalue weighted by Gasteiger charge is 2.41. The number of esters is 1. The SMILES string of the molecule is CCCCCOc1c(Br)cc(/C=C2\SC(=S)N(C(C(=O)OC)c3ccccc3)C2=O)cc1OC. The first-order chi connectivity index (χ1) is 16.4. The van der Waals surface area contributed by atoms with E-state index in [0.29, 0.717) is 28.6 Å². The second kappa shape index (κ2) is 12.4. The van der Waals surface area contributed by atoms with Gasteiger partial charge in [0.2, 0.25) is 0 Å². The van der Waals surface area contributed by atoms with Crippen molar-refractivity contribution in [2.24, 2.45) is 0 Å². The Morgan fingerprint density at radius 2 is 1.94 bits per heavy atom. The van der Waals surface area contributed by atoms with Crippen molar-refractivity contribution in [3.63, 3.8) is 0 Å². The van der Waals surface area contributed by atoms with Gasteiger partial charge in [-0.3, -0.25) is 9.69 Å². The van der Waals surface area contributed by atoms with Crippen LogP contribution in [0.15, 0.2) is 51.8 Å². The predicted octanol–water partition coefficient (Wildman–Crippen LogP) is 6.14. The number of nitrogens with zero attached hydrogens (tertiary/aromatic N) is 1. The molecule has 1 aliphatic rings. The minimum atomic E-state index is -0.954. The number of halogens is 1. The van der Waals surface area contributed by atoms with Crippen molar-refractivity contribution in [3.05, 3.63) is 63.0 Å². The fourth-order valence-corrected chi connectivity index (χ4v) is 5.37. The van der Waals surface area contributed by atoms with E-state index in [9.17, 15) is 9.59 Å². The van der Waals surface area contributed by atoms with E-state index in [1.807, 2.05) is 12.1 Å². The molecular formula is C25H26BrNO5S2. The Hall–Kier alpha value is -2.36. The number of hydrogen-bond acceptors (Lipinski definition) is 7. The molecule has 6 nitrogen and oxygen atoms in total. The van der Waals surface area contributed by atoms with E-state index in [-0.39, 0.29) is 10.2 Å². The molecular weight excluding hydrogens is 538 g/mol. The van der Waals surface area contributed by atoms with Crippen LogP contribution in [0.1, 0.15) is 43.4 Å². The fourth-order valence-electron chi connectivity index (χ4n) is 3.48. The minimum Gasteiger partial charge on any atom is -0.493 e. The van der Waals surface area contributed by atoms with Crippen LogP contribution in [0.2, 0.25) is 0 Å². The largest absolute Gasteiger partial charge is 0.493 e. The first-order valence-corrected chi connectivity index (χ1v) is 12.8. The van der Waals surface area contributed by atoms with Crippen molar-refractivity contribution >= 4 is 62.2 Å². The lowest BCUT2D eigenvalue weighted by atomic mass is 10.1. The molecule has 1 unspecified atom stereocenters. The highest BCUT2D eigenvalue weighted by molar-refractivity contribution is 9.10.